The highest BCUT2D eigenvalue weighted by Crippen LogP contribution is 2.76. The van der Waals surface area contributed by atoms with Crippen LogP contribution in [-0.4, -0.2) is 111 Å². The molecule has 12 heteroatoms. The Kier molecular flexibility index (Phi) is 13.8. The summed E-state index contributed by atoms with van der Waals surface area (Å²) >= 11 is 0. The van der Waals surface area contributed by atoms with E-state index in [0.717, 1.165) is 11.1 Å². The van der Waals surface area contributed by atoms with E-state index < -0.39 is 102 Å². The van der Waals surface area contributed by atoms with E-state index in [2.05, 4.69) is 39.8 Å². The van der Waals surface area contributed by atoms with Crippen LogP contribution in [0.1, 0.15) is 175 Å². The Labute approximate surface area is 429 Å². The topological polar surface area (TPSA) is 230 Å². The zero-order valence-corrected chi connectivity index (χ0v) is 46.5. The second-order valence-electron chi connectivity index (χ2n) is 28.7. The van der Waals surface area contributed by atoms with Crippen molar-refractivity contribution in [2.75, 3.05) is 0 Å². The van der Waals surface area contributed by atoms with Gasteiger partial charge in [0.05, 0.1) is 34.6 Å². The average molecular weight is 1010 g/mol. The third-order valence-electron chi connectivity index (χ3n) is 22.3. The molecule has 0 radical (unpaired) electrons. The van der Waals surface area contributed by atoms with E-state index in [0.29, 0.717) is 25.7 Å². The predicted octanol–water partition coefficient (Wildman–Crippen LogP) is 7.50. The van der Waals surface area contributed by atoms with Gasteiger partial charge in [0.15, 0.2) is 11.6 Å². The lowest BCUT2D eigenvalue weighted by Gasteiger charge is -2.64. The number of carbonyl (C=O) groups is 4. The summed E-state index contributed by atoms with van der Waals surface area (Å²) in [5.41, 5.74) is -7.77. The smallest absolute Gasteiger partial charge is 0.170 e. The maximum atomic E-state index is 14.2. The lowest BCUT2D eigenvalue weighted by molar-refractivity contribution is -0.182. The Morgan fingerprint density at radius 2 is 0.958 bits per heavy atom. The van der Waals surface area contributed by atoms with Crippen molar-refractivity contribution < 1.29 is 60.0 Å². The minimum atomic E-state index is -1.27. The summed E-state index contributed by atoms with van der Waals surface area (Å²) in [6.45, 7) is 30.1. The van der Waals surface area contributed by atoms with Crippen molar-refractivity contribution in [3.05, 3.63) is 47.6 Å². The molecule has 18 unspecified atom stereocenters. The van der Waals surface area contributed by atoms with E-state index in [9.17, 15) is 60.0 Å². The normalized spacial score (nSPS) is 46.1. The quantitative estimate of drug-likeness (QED) is 0.111. The van der Waals surface area contributed by atoms with Crippen LogP contribution in [0.3, 0.4) is 0 Å². The molecule has 0 amide bonds. The standard InChI is InChI=1S/2C30H46O6/c2*1-25(2,35)12-9-13-29(7,36)23-20(32)15-27(5)21-11-10-17-18(14-19(31)24(34)26(17,3)4)30(21,8)22(33)16-28(23,27)6/h9-10,12,18,20-21,23-24,32,34-36H,11,13-16H2,1-8H3;9-10,12,18-21,23,31-32,35-36H,11,13-16H2,1-8H3/b2*12-9+. The molecule has 8 rings (SSSR count). The third kappa shape index (κ3) is 8.26. The van der Waals surface area contributed by atoms with Crippen LogP contribution in [0.15, 0.2) is 47.6 Å². The van der Waals surface area contributed by atoms with Crippen LogP contribution in [-0.2, 0) is 19.2 Å². The van der Waals surface area contributed by atoms with Crippen LogP contribution in [0.2, 0.25) is 0 Å². The molecule has 6 fully saturated rings. The van der Waals surface area contributed by atoms with Crippen molar-refractivity contribution in [2.45, 2.75) is 222 Å². The lowest BCUT2D eigenvalue weighted by atomic mass is 9.38. The first kappa shape index (κ1) is 57.0. The molecule has 8 aliphatic carbocycles. The molecule has 0 spiro atoms. The Morgan fingerprint density at radius 3 is 1.36 bits per heavy atom. The SMILES string of the molecule is CC(C)(O)/C=C/CC(C)(O)C1C(O)CC2(C)C3CC=C4C(CC(=O)C(O)C4(C)C)C3(C)C(=O)CC12C.CC(C)(O)/C=C/CC(C)(O)C1C(O)CC2(C)C3CC=C4C(CC(O)C(=O)C4(C)C)C3(C)C(=O)CC12C. The van der Waals surface area contributed by atoms with E-state index in [1.54, 1.807) is 65.8 Å². The molecule has 0 aromatic rings. The molecule has 0 aliphatic heterocycles. The second kappa shape index (κ2) is 17.4. The Hall–Kier alpha value is -2.68. The van der Waals surface area contributed by atoms with Crippen LogP contribution in [0.4, 0.5) is 0 Å². The fraction of sp³-hybridized carbons (Fsp3) is 0.800. The second-order valence-corrected chi connectivity index (χ2v) is 28.7. The molecule has 8 aliphatic rings. The zero-order chi connectivity index (χ0) is 54.6. The van der Waals surface area contributed by atoms with Crippen LogP contribution in [0.25, 0.3) is 0 Å². The molecule has 18 atom stereocenters. The van der Waals surface area contributed by atoms with Gasteiger partial charge in [-0.2, -0.15) is 0 Å². The molecular formula is C60H92O12. The summed E-state index contributed by atoms with van der Waals surface area (Å²) in [5.74, 6) is -1.90. The Balaban J connectivity index is 0.000000211. The van der Waals surface area contributed by atoms with Crippen molar-refractivity contribution in [1.29, 1.82) is 0 Å². The van der Waals surface area contributed by atoms with E-state index in [1.807, 2.05) is 41.5 Å². The number of ketones is 4. The number of allylic oxidation sites excluding steroid dienone is 3. The zero-order valence-electron chi connectivity index (χ0n) is 46.5. The molecule has 0 aromatic heterocycles. The van der Waals surface area contributed by atoms with Crippen LogP contribution in [0, 0.1) is 78.8 Å². The fourth-order valence-corrected chi connectivity index (χ4v) is 18.4. The van der Waals surface area contributed by atoms with E-state index in [4.69, 9.17) is 0 Å². The van der Waals surface area contributed by atoms with Gasteiger partial charge in [0.2, 0.25) is 0 Å². The van der Waals surface area contributed by atoms with Gasteiger partial charge in [-0.15, -0.1) is 0 Å². The first-order chi connectivity index (χ1) is 32.5. The maximum absolute atomic E-state index is 14.2. The molecule has 8 N–H and O–H groups in total. The van der Waals surface area contributed by atoms with Crippen molar-refractivity contribution in [3.8, 4) is 0 Å². The first-order valence-corrected chi connectivity index (χ1v) is 27.0. The molecule has 0 bridgehead atoms. The van der Waals surface area contributed by atoms with Crippen LogP contribution >= 0.6 is 0 Å². The van der Waals surface area contributed by atoms with Crippen molar-refractivity contribution in [3.63, 3.8) is 0 Å². The minimum Gasteiger partial charge on any atom is -0.393 e. The van der Waals surface area contributed by atoms with Crippen LogP contribution in [0.5, 0.6) is 0 Å². The minimum absolute atomic E-state index is 0.0800. The summed E-state index contributed by atoms with van der Waals surface area (Å²) in [5, 5.41) is 87.7. The van der Waals surface area contributed by atoms with Crippen LogP contribution < -0.4 is 0 Å². The predicted molar refractivity (Wildman–Crippen MR) is 276 cm³/mol. The average Bonchev–Trinajstić information content (AvgIpc) is 3.56. The highest BCUT2D eigenvalue weighted by molar-refractivity contribution is 5.95. The van der Waals surface area contributed by atoms with Gasteiger partial charge in [0.1, 0.15) is 23.8 Å². The van der Waals surface area contributed by atoms with Gasteiger partial charge in [-0.25, -0.2) is 0 Å². The number of fused-ring (bicyclic) bond motifs is 10. The van der Waals surface area contributed by atoms with Gasteiger partial charge in [-0.3, -0.25) is 19.2 Å². The number of hydrogen-bond donors (Lipinski definition) is 8. The summed E-state index contributed by atoms with van der Waals surface area (Å²) in [7, 11) is 0. The number of carbonyl (C=O) groups excluding carboxylic acids is 4. The summed E-state index contributed by atoms with van der Waals surface area (Å²) < 4.78 is 0. The Morgan fingerprint density at radius 1 is 0.569 bits per heavy atom. The van der Waals surface area contributed by atoms with Crippen molar-refractivity contribution >= 4 is 23.1 Å². The molecule has 72 heavy (non-hydrogen) atoms. The van der Waals surface area contributed by atoms with Gasteiger partial charge >= 0.3 is 0 Å². The van der Waals surface area contributed by atoms with E-state index in [1.165, 1.54) is 0 Å². The summed E-state index contributed by atoms with van der Waals surface area (Å²) in [6, 6.07) is 0. The van der Waals surface area contributed by atoms with Gasteiger partial charge in [0, 0.05) is 52.8 Å². The molecule has 12 nitrogen and oxygen atoms in total. The van der Waals surface area contributed by atoms with Gasteiger partial charge in [0.25, 0.3) is 0 Å². The van der Waals surface area contributed by atoms with E-state index >= 15 is 0 Å². The largest absolute Gasteiger partial charge is 0.393 e. The number of rotatable bonds is 8. The highest BCUT2D eigenvalue weighted by Gasteiger charge is 2.76. The van der Waals surface area contributed by atoms with Crippen molar-refractivity contribution in [1.82, 2.24) is 0 Å². The van der Waals surface area contributed by atoms with Gasteiger partial charge in [-0.1, -0.05) is 103 Å². The summed E-state index contributed by atoms with van der Waals surface area (Å²) in [4.78, 5) is 54.1. The molecule has 6 saturated carbocycles. The van der Waals surface area contributed by atoms with E-state index in [-0.39, 0.29) is 85.3 Å². The van der Waals surface area contributed by atoms with Crippen molar-refractivity contribution in [2.24, 2.45) is 78.8 Å². The summed E-state index contributed by atoms with van der Waals surface area (Å²) in [6.07, 6.45) is 11.0. The number of hydrogen-bond acceptors (Lipinski definition) is 12. The van der Waals surface area contributed by atoms with Gasteiger partial charge < -0.3 is 40.9 Å². The monoisotopic (exact) mass is 1000 g/mol. The Bertz CT molecular complexity index is 2350. The molecule has 0 heterocycles. The number of Topliss-reactive ketones (excluding diaryl/α,β-unsaturated/α-hetero) is 4. The number of aliphatic hydroxyl groups excluding tert-OH is 4. The third-order valence-corrected chi connectivity index (χ3v) is 22.3. The molecular weight excluding hydrogens is 913 g/mol. The fourth-order valence-electron chi connectivity index (χ4n) is 18.4. The first-order valence-electron chi connectivity index (χ1n) is 27.0. The molecule has 404 valence electrons. The highest BCUT2D eigenvalue weighted by atomic mass is 16.3. The van der Waals surface area contributed by atoms with Gasteiger partial charge in [-0.05, 0) is 146 Å². The maximum Gasteiger partial charge on any atom is 0.170 e. The molecule has 0 saturated heterocycles. The lowest BCUT2D eigenvalue weighted by Crippen LogP contribution is -2.65. The number of aliphatic hydroxyl groups is 8. The molecule has 0 aromatic carbocycles.